The minimum Gasteiger partial charge on any atom is -0.348 e. The quantitative estimate of drug-likeness (QED) is 0.791. The van der Waals surface area contributed by atoms with Crippen molar-refractivity contribution in [2.75, 3.05) is 13.1 Å². The molecule has 1 aliphatic heterocycles. The van der Waals surface area contributed by atoms with E-state index in [2.05, 4.69) is 48.7 Å². The topological polar surface area (TPSA) is 54.0 Å². The molecule has 2 fully saturated rings. The highest BCUT2D eigenvalue weighted by molar-refractivity contribution is 7.15. The van der Waals surface area contributed by atoms with E-state index in [0.717, 1.165) is 53.5 Å². The van der Waals surface area contributed by atoms with Crippen molar-refractivity contribution in [2.24, 2.45) is 11.3 Å². The average Bonchev–Trinajstić information content (AvgIpc) is 3.17. The molecule has 0 bridgehead atoms. The third kappa shape index (κ3) is 4.05. The molecule has 2 heterocycles. The van der Waals surface area contributed by atoms with Crippen LogP contribution in [0.25, 0.3) is 10.6 Å². The Labute approximate surface area is 171 Å². The lowest BCUT2D eigenvalue weighted by Gasteiger charge is -2.23. The van der Waals surface area contributed by atoms with Gasteiger partial charge in [-0.1, -0.05) is 29.8 Å². The average molecular weight is 406 g/mol. The third-order valence-electron chi connectivity index (χ3n) is 5.99. The van der Waals surface area contributed by atoms with E-state index in [4.69, 9.17) is 4.98 Å². The Morgan fingerprint density at radius 2 is 1.93 bits per heavy atom. The zero-order chi connectivity index (χ0) is 18.3. The Balaban J connectivity index is 0.00000210. The molecule has 1 aromatic heterocycles. The van der Waals surface area contributed by atoms with E-state index >= 15 is 0 Å². The summed E-state index contributed by atoms with van der Waals surface area (Å²) >= 11 is 1.69. The lowest BCUT2D eigenvalue weighted by Crippen LogP contribution is -2.34. The number of hydrogen-bond donors (Lipinski definition) is 2. The summed E-state index contributed by atoms with van der Waals surface area (Å²) < 4.78 is 0. The number of nitrogens with zero attached hydrogens (tertiary/aromatic N) is 1. The van der Waals surface area contributed by atoms with Gasteiger partial charge in [0.05, 0.1) is 16.6 Å². The number of carbonyl (C=O) groups excluding carboxylic acids is 1. The molecule has 2 aromatic rings. The van der Waals surface area contributed by atoms with Gasteiger partial charge in [-0.15, -0.1) is 23.7 Å². The third-order valence-corrected chi connectivity index (χ3v) is 7.38. The molecule has 1 aromatic carbocycles. The molecule has 27 heavy (non-hydrogen) atoms. The van der Waals surface area contributed by atoms with Crippen LogP contribution in [0.2, 0.25) is 0 Å². The highest BCUT2D eigenvalue weighted by Gasteiger charge is 2.57. The van der Waals surface area contributed by atoms with Gasteiger partial charge in [0.2, 0.25) is 5.91 Å². The van der Waals surface area contributed by atoms with Gasteiger partial charge in [-0.25, -0.2) is 4.98 Å². The highest BCUT2D eigenvalue weighted by Crippen LogP contribution is 2.58. The molecular weight excluding hydrogens is 378 g/mol. The first-order chi connectivity index (χ1) is 12.5. The van der Waals surface area contributed by atoms with E-state index in [-0.39, 0.29) is 35.7 Å². The van der Waals surface area contributed by atoms with Crippen molar-refractivity contribution in [1.29, 1.82) is 0 Å². The summed E-state index contributed by atoms with van der Waals surface area (Å²) in [6.45, 7) is 8.31. The number of halogens is 1. The first kappa shape index (κ1) is 20.3. The van der Waals surface area contributed by atoms with E-state index in [1.807, 2.05) is 6.92 Å². The number of carbonyl (C=O) groups is 1. The monoisotopic (exact) mass is 405 g/mol. The maximum atomic E-state index is 12.7. The van der Waals surface area contributed by atoms with E-state index in [1.165, 1.54) is 5.56 Å². The predicted octanol–water partition coefficient (Wildman–Crippen LogP) is 4.42. The van der Waals surface area contributed by atoms with Crippen molar-refractivity contribution in [3.05, 3.63) is 40.4 Å². The molecule has 4 nitrogen and oxygen atoms in total. The lowest BCUT2D eigenvalue weighted by molar-refractivity contribution is -0.123. The Hall–Kier alpha value is -1.43. The van der Waals surface area contributed by atoms with E-state index < -0.39 is 0 Å². The molecule has 1 saturated carbocycles. The Morgan fingerprint density at radius 3 is 2.59 bits per heavy atom. The molecular formula is C21H28ClN3OS. The number of thiazole rings is 1. The van der Waals surface area contributed by atoms with Crippen LogP contribution < -0.4 is 10.6 Å². The second-order valence-electron chi connectivity index (χ2n) is 7.93. The van der Waals surface area contributed by atoms with Gasteiger partial charge in [0.25, 0.3) is 0 Å². The van der Waals surface area contributed by atoms with Gasteiger partial charge in [0.15, 0.2) is 0 Å². The van der Waals surface area contributed by atoms with Crippen molar-refractivity contribution in [3.8, 4) is 10.6 Å². The van der Waals surface area contributed by atoms with Gasteiger partial charge < -0.3 is 10.6 Å². The molecule has 2 unspecified atom stereocenters. The largest absolute Gasteiger partial charge is 0.348 e. The molecule has 6 heteroatoms. The normalized spacial score (nSPS) is 21.4. The summed E-state index contributed by atoms with van der Waals surface area (Å²) in [6, 6.07) is 8.47. The van der Waals surface area contributed by atoms with Crippen LogP contribution in [0.4, 0.5) is 0 Å². The van der Waals surface area contributed by atoms with Crippen LogP contribution >= 0.6 is 23.7 Å². The number of rotatable bonds is 4. The van der Waals surface area contributed by atoms with Crippen LogP contribution in [0.1, 0.15) is 48.4 Å². The van der Waals surface area contributed by atoms with Crippen molar-refractivity contribution in [2.45, 2.75) is 46.1 Å². The minimum atomic E-state index is 0. The summed E-state index contributed by atoms with van der Waals surface area (Å²) in [4.78, 5) is 18.6. The molecule has 1 amide bonds. The Bertz CT molecular complexity index is 811. The van der Waals surface area contributed by atoms with Crippen molar-refractivity contribution < 1.29 is 4.79 Å². The van der Waals surface area contributed by atoms with Crippen LogP contribution in [0, 0.1) is 25.2 Å². The Kier molecular flexibility index (Phi) is 5.94. The summed E-state index contributed by atoms with van der Waals surface area (Å²) in [6.07, 6.45) is 3.33. The maximum absolute atomic E-state index is 12.7. The molecule has 2 atom stereocenters. The zero-order valence-corrected chi connectivity index (χ0v) is 17.8. The molecule has 2 aliphatic rings. The summed E-state index contributed by atoms with van der Waals surface area (Å²) in [5, 5.41) is 7.68. The SMILES string of the molecule is Cc1ccc(-c2nc(C)c(C(C)NC(=O)C3CC34CCNCC4)s2)cc1.Cl. The van der Waals surface area contributed by atoms with Crippen molar-refractivity contribution in [1.82, 2.24) is 15.6 Å². The van der Waals surface area contributed by atoms with Crippen LogP contribution in [0.15, 0.2) is 24.3 Å². The second kappa shape index (κ2) is 7.90. The van der Waals surface area contributed by atoms with Gasteiger partial charge >= 0.3 is 0 Å². The molecule has 4 rings (SSSR count). The molecule has 0 radical (unpaired) electrons. The van der Waals surface area contributed by atoms with Gasteiger partial charge in [-0.2, -0.15) is 0 Å². The molecule has 1 saturated heterocycles. The van der Waals surface area contributed by atoms with Gasteiger partial charge in [-0.3, -0.25) is 4.79 Å². The molecule has 146 valence electrons. The number of nitrogens with one attached hydrogen (secondary N) is 2. The fourth-order valence-corrected chi connectivity index (χ4v) is 5.28. The van der Waals surface area contributed by atoms with Crippen LogP contribution in [0.3, 0.4) is 0 Å². The van der Waals surface area contributed by atoms with Gasteiger partial charge in [0, 0.05) is 11.5 Å². The number of aryl methyl sites for hydroxylation is 2. The van der Waals surface area contributed by atoms with Crippen LogP contribution in [0.5, 0.6) is 0 Å². The molecule has 2 N–H and O–H groups in total. The number of benzene rings is 1. The van der Waals surface area contributed by atoms with E-state index in [9.17, 15) is 4.79 Å². The van der Waals surface area contributed by atoms with Crippen LogP contribution in [-0.2, 0) is 4.79 Å². The smallest absolute Gasteiger partial charge is 0.224 e. The maximum Gasteiger partial charge on any atom is 0.224 e. The fourth-order valence-electron chi connectivity index (χ4n) is 4.20. The summed E-state index contributed by atoms with van der Waals surface area (Å²) in [5.41, 5.74) is 3.69. The number of piperidine rings is 1. The second-order valence-corrected chi connectivity index (χ2v) is 8.96. The Morgan fingerprint density at radius 1 is 1.26 bits per heavy atom. The summed E-state index contributed by atoms with van der Waals surface area (Å²) in [5.74, 6) is 0.431. The first-order valence-corrected chi connectivity index (χ1v) is 10.4. The summed E-state index contributed by atoms with van der Waals surface area (Å²) in [7, 11) is 0. The highest BCUT2D eigenvalue weighted by atomic mass is 35.5. The fraction of sp³-hybridized carbons (Fsp3) is 0.524. The molecule has 1 spiro atoms. The molecule has 1 aliphatic carbocycles. The van der Waals surface area contributed by atoms with Crippen molar-refractivity contribution >= 4 is 29.7 Å². The standard InChI is InChI=1S/C21H27N3OS.ClH/c1-13-4-6-16(7-5-13)20-24-15(3)18(26-20)14(2)23-19(25)17-12-21(17)8-10-22-11-9-21;/h4-7,14,17,22H,8-12H2,1-3H3,(H,23,25);1H. The lowest BCUT2D eigenvalue weighted by atomic mass is 9.91. The van der Waals surface area contributed by atoms with E-state index in [0.29, 0.717) is 0 Å². The number of hydrogen-bond acceptors (Lipinski definition) is 4. The number of aromatic nitrogens is 1. The van der Waals surface area contributed by atoms with Crippen molar-refractivity contribution in [3.63, 3.8) is 0 Å². The first-order valence-electron chi connectivity index (χ1n) is 9.54. The van der Waals surface area contributed by atoms with Gasteiger partial charge in [0.1, 0.15) is 5.01 Å². The zero-order valence-electron chi connectivity index (χ0n) is 16.2. The minimum absolute atomic E-state index is 0. The number of amides is 1. The van der Waals surface area contributed by atoms with Crippen LogP contribution in [-0.4, -0.2) is 24.0 Å². The van der Waals surface area contributed by atoms with Gasteiger partial charge in [-0.05, 0) is 58.5 Å². The predicted molar refractivity (Wildman–Crippen MR) is 113 cm³/mol. The van der Waals surface area contributed by atoms with E-state index in [1.54, 1.807) is 11.3 Å².